The van der Waals surface area contributed by atoms with Crippen LogP contribution in [0.4, 0.5) is 10.1 Å². The van der Waals surface area contributed by atoms with Gasteiger partial charge < -0.3 is 25.0 Å². The molecule has 1 atom stereocenters. The predicted molar refractivity (Wildman–Crippen MR) is 134 cm³/mol. The average molecular weight is 493 g/mol. The summed E-state index contributed by atoms with van der Waals surface area (Å²) in [5.41, 5.74) is 3.99. The number of aromatic amines is 2. The Labute approximate surface area is 204 Å². The van der Waals surface area contributed by atoms with Crippen molar-refractivity contribution in [2.75, 3.05) is 11.9 Å². The zero-order valence-electron chi connectivity index (χ0n) is 18.7. The second-order valence-corrected chi connectivity index (χ2v) is 8.65. The van der Waals surface area contributed by atoms with Crippen LogP contribution in [0.15, 0.2) is 66.1 Å². The summed E-state index contributed by atoms with van der Waals surface area (Å²) < 4.78 is 16.2. The SMILES string of the molecule is Cc1cc(-n2ccnc2)cc2[nH]c(-c3c(N[C@H](CO)Cc4c(F)cccc4Cl)cc[nH]c3=O)nc12. The lowest BCUT2D eigenvalue weighted by Crippen LogP contribution is -2.28. The van der Waals surface area contributed by atoms with Crippen LogP contribution in [0.2, 0.25) is 5.02 Å². The van der Waals surface area contributed by atoms with Gasteiger partial charge in [0.15, 0.2) is 0 Å². The number of halogens is 2. The molecule has 0 saturated heterocycles. The van der Waals surface area contributed by atoms with Crippen molar-refractivity contribution in [3.05, 3.63) is 93.6 Å². The van der Waals surface area contributed by atoms with Gasteiger partial charge in [-0.3, -0.25) is 4.79 Å². The number of aliphatic hydroxyl groups excluding tert-OH is 1. The standard InChI is InChI=1S/C25H22ClFN6O2/c1-14-9-16(33-8-7-28-13-33)11-21-23(14)32-24(31-21)22-20(5-6-29-25(22)35)30-15(12-34)10-17-18(26)3-2-4-19(17)27/h2-9,11,13,15,34H,10,12H2,1H3,(H,31,32)(H2,29,30,35)/t15-/m0/s1. The van der Waals surface area contributed by atoms with E-state index in [1.807, 2.05) is 29.8 Å². The zero-order chi connectivity index (χ0) is 24.5. The number of aryl methyl sites for hydroxylation is 1. The Balaban J connectivity index is 1.53. The molecule has 0 spiro atoms. The molecule has 35 heavy (non-hydrogen) atoms. The summed E-state index contributed by atoms with van der Waals surface area (Å²) in [5, 5.41) is 13.4. The van der Waals surface area contributed by atoms with Crippen LogP contribution in [-0.4, -0.2) is 42.3 Å². The third kappa shape index (κ3) is 4.43. The number of imidazole rings is 2. The first-order valence-corrected chi connectivity index (χ1v) is 11.3. The summed E-state index contributed by atoms with van der Waals surface area (Å²) in [6, 6.07) is 9.46. The Bertz CT molecular complexity index is 1540. The van der Waals surface area contributed by atoms with Crippen molar-refractivity contribution in [2.24, 2.45) is 0 Å². The quantitative estimate of drug-likeness (QED) is 0.272. The molecule has 3 heterocycles. The van der Waals surface area contributed by atoms with Crippen molar-refractivity contribution < 1.29 is 9.50 Å². The minimum Gasteiger partial charge on any atom is -0.394 e. The molecule has 2 aromatic carbocycles. The Morgan fingerprint density at radius 1 is 1.29 bits per heavy atom. The van der Waals surface area contributed by atoms with Gasteiger partial charge in [0, 0.05) is 34.9 Å². The molecule has 5 rings (SSSR count). The summed E-state index contributed by atoms with van der Waals surface area (Å²) in [5.74, 6) is -0.0822. The fourth-order valence-corrected chi connectivity index (χ4v) is 4.38. The highest BCUT2D eigenvalue weighted by Gasteiger charge is 2.20. The molecule has 8 nitrogen and oxygen atoms in total. The lowest BCUT2D eigenvalue weighted by atomic mass is 10.0. The van der Waals surface area contributed by atoms with Gasteiger partial charge in [0.2, 0.25) is 0 Å². The van der Waals surface area contributed by atoms with Crippen LogP contribution < -0.4 is 10.9 Å². The molecular formula is C25H22ClFN6O2. The number of fused-ring (bicyclic) bond motifs is 1. The van der Waals surface area contributed by atoms with Crippen LogP contribution >= 0.6 is 11.6 Å². The smallest absolute Gasteiger partial charge is 0.261 e. The molecule has 4 N–H and O–H groups in total. The fourth-order valence-electron chi connectivity index (χ4n) is 4.14. The van der Waals surface area contributed by atoms with Crippen LogP contribution in [0.1, 0.15) is 11.1 Å². The molecule has 178 valence electrons. The van der Waals surface area contributed by atoms with E-state index in [9.17, 15) is 14.3 Å². The molecule has 0 bridgehead atoms. The average Bonchev–Trinajstić information content (AvgIpc) is 3.51. The first kappa shape index (κ1) is 22.8. The minimum absolute atomic E-state index is 0.127. The van der Waals surface area contributed by atoms with Gasteiger partial charge in [-0.05, 0) is 49.2 Å². The van der Waals surface area contributed by atoms with E-state index in [-0.39, 0.29) is 29.2 Å². The van der Waals surface area contributed by atoms with Gasteiger partial charge in [-0.2, -0.15) is 0 Å². The molecule has 0 radical (unpaired) electrons. The van der Waals surface area contributed by atoms with Gasteiger partial charge in [0.25, 0.3) is 5.56 Å². The fraction of sp³-hybridized carbons (Fsp3) is 0.160. The van der Waals surface area contributed by atoms with Gasteiger partial charge >= 0.3 is 0 Å². The first-order valence-electron chi connectivity index (χ1n) is 11.0. The van der Waals surface area contributed by atoms with Gasteiger partial charge in [-0.25, -0.2) is 14.4 Å². The molecule has 10 heteroatoms. The maximum atomic E-state index is 14.3. The van der Waals surface area contributed by atoms with Crippen LogP contribution in [0.3, 0.4) is 0 Å². The number of aliphatic hydroxyl groups is 1. The van der Waals surface area contributed by atoms with Crippen molar-refractivity contribution in [1.29, 1.82) is 0 Å². The number of hydrogen-bond donors (Lipinski definition) is 4. The number of nitrogens with one attached hydrogen (secondary N) is 3. The molecular weight excluding hydrogens is 471 g/mol. The number of benzene rings is 2. The van der Waals surface area contributed by atoms with Crippen molar-refractivity contribution in [3.8, 4) is 17.1 Å². The number of aromatic nitrogens is 5. The summed E-state index contributed by atoms with van der Waals surface area (Å²) in [4.78, 5) is 27.6. The molecule has 0 aliphatic carbocycles. The van der Waals surface area contributed by atoms with Crippen molar-refractivity contribution >= 4 is 28.3 Å². The monoisotopic (exact) mass is 492 g/mol. The second-order valence-electron chi connectivity index (χ2n) is 8.24. The summed E-state index contributed by atoms with van der Waals surface area (Å²) >= 11 is 6.17. The summed E-state index contributed by atoms with van der Waals surface area (Å²) in [7, 11) is 0. The van der Waals surface area contributed by atoms with Crippen LogP contribution in [-0.2, 0) is 6.42 Å². The number of pyridine rings is 1. The Hall–Kier alpha value is -3.95. The first-order chi connectivity index (χ1) is 16.9. The molecule has 0 amide bonds. The number of rotatable bonds is 7. The topological polar surface area (TPSA) is 112 Å². The molecule has 0 aliphatic rings. The Morgan fingerprint density at radius 2 is 2.14 bits per heavy atom. The number of hydrogen-bond acceptors (Lipinski definition) is 5. The third-order valence-electron chi connectivity index (χ3n) is 5.85. The Kier molecular flexibility index (Phi) is 6.10. The van der Waals surface area contributed by atoms with E-state index in [1.54, 1.807) is 24.7 Å². The molecule has 0 fully saturated rings. The van der Waals surface area contributed by atoms with Crippen molar-refractivity contribution in [2.45, 2.75) is 19.4 Å². The van der Waals surface area contributed by atoms with Gasteiger partial charge in [0.05, 0.1) is 35.7 Å². The summed E-state index contributed by atoms with van der Waals surface area (Å²) in [6.45, 7) is 1.64. The third-order valence-corrected chi connectivity index (χ3v) is 6.21. The largest absolute Gasteiger partial charge is 0.394 e. The van der Waals surface area contributed by atoms with Crippen LogP contribution in [0, 0.1) is 12.7 Å². The second kappa shape index (κ2) is 9.36. The lowest BCUT2D eigenvalue weighted by molar-refractivity contribution is 0.273. The number of H-pyrrole nitrogens is 2. The van der Waals surface area contributed by atoms with E-state index in [4.69, 9.17) is 11.6 Å². The van der Waals surface area contributed by atoms with E-state index in [0.29, 0.717) is 17.1 Å². The highest BCUT2D eigenvalue weighted by molar-refractivity contribution is 6.31. The molecule has 3 aromatic heterocycles. The van der Waals surface area contributed by atoms with E-state index < -0.39 is 11.9 Å². The highest BCUT2D eigenvalue weighted by atomic mass is 35.5. The summed E-state index contributed by atoms with van der Waals surface area (Å²) in [6.07, 6.45) is 6.88. The molecule has 0 aliphatic heterocycles. The minimum atomic E-state index is -0.594. The Morgan fingerprint density at radius 3 is 2.89 bits per heavy atom. The maximum Gasteiger partial charge on any atom is 0.261 e. The molecule has 0 unspecified atom stereocenters. The molecule has 0 saturated carbocycles. The normalized spacial score (nSPS) is 12.2. The van der Waals surface area contributed by atoms with Crippen LogP contribution in [0.25, 0.3) is 28.1 Å². The predicted octanol–water partition coefficient (Wildman–Crippen LogP) is 4.22. The number of nitrogens with zero attached hydrogens (tertiary/aromatic N) is 3. The zero-order valence-corrected chi connectivity index (χ0v) is 19.5. The highest BCUT2D eigenvalue weighted by Crippen LogP contribution is 2.29. The maximum absolute atomic E-state index is 14.3. The van der Waals surface area contributed by atoms with E-state index in [1.165, 1.54) is 18.3 Å². The van der Waals surface area contributed by atoms with Gasteiger partial charge in [-0.15, -0.1) is 0 Å². The van der Waals surface area contributed by atoms with Gasteiger partial charge in [-0.1, -0.05) is 17.7 Å². The van der Waals surface area contributed by atoms with Crippen molar-refractivity contribution in [3.63, 3.8) is 0 Å². The van der Waals surface area contributed by atoms with E-state index in [2.05, 4.69) is 25.3 Å². The van der Waals surface area contributed by atoms with Gasteiger partial charge in [0.1, 0.15) is 17.2 Å². The van der Waals surface area contributed by atoms with E-state index in [0.717, 1.165) is 22.3 Å². The van der Waals surface area contributed by atoms with E-state index >= 15 is 0 Å². The molecule has 5 aromatic rings. The number of anilines is 1. The van der Waals surface area contributed by atoms with Crippen molar-refractivity contribution in [1.82, 2.24) is 24.5 Å². The lowest BCUT2D eigenvalue weighted by Gasteiger charge is -2.20. The van der Waals surface area contributed by atoms with Crippen LogP contribution in [0.5, 0.6) is 0 Å².